The van der Waals surface area contributed by atoms with Gasteiger partial charge in [-0.2, -0.15) is 10.5 Å². The minimum Gasteiger partial charge on any atom is -0.497 e. The van der Waals surface area contributed by atoms with Crippen LogP contribution in [0.1, 0.15) is 22.9 Å². The quantitative estimate of drug-likeness (QED) is 0.181. The Morgan fingerprint density at radius 2 is 1.48 bits per heavy atom. The summed E-state index contributed by atoms with van der Waals surface area (Å²) in [5, 5.41) is 11.4. The van der Waals surface area contributed by atoms with Crippen LogP contribution < -0.4 is 26.4 Å². The van der Waals surface area contributed by atoms with Gasteiger partial charge >= 0.3 is 5.69 Å². The van der Waals surface area contributed by atoms with Gasteiger partial charge in [0.2, 0.25) is 0 Å². The highest BCUT2D eigenvalue weighted by atomic mass is 16.6. The number of rotatable bonds is 11. The normalized spacial score (nSPS) is 20.4. The van der Waals surface area contributed by atoms with E-state index < -0.39 is 35.8 Å². The summed E-state index contributed by atoms with van der Waals surface area (Å²) in [5.41, 5.74) is 9.21. The number of hydrogen-bond donors (Lipinski definition) is 3. The average molecular weight is 575 g/mol. The molecule has 0 aliphatic carbocycles. The van der Waals surface area contributed by atoms with E-state index >= 15 is 0 Å². The van der Waals surface area contributed by atoms with Crippen molar-refractivity contribution in [3.8, 4) is 11.5 Å². The van der Waals surface area contributed by atoms with Gasteiger partial charge in [0.25, 0.3) is 0 Å². The van der Waals surface area contributed by atoms with E-state index in [0.717, 1.165) is 16.7 Å². The zero-order valence-electron chi connectivity index (χ0n) is 23.5. The van der Waals surface area contributed by atoms with E-state index in [2.05, 4.69) is 10.5 Å². The summed E-state index contributed by atoms with van der Waals surface area (Å²) >= 11 is 0. The molecule has 4 N–H and O–H groups in total. The van der Waals surface area contributed by atoms with Crippen LogP contribution in [0.4, 0.5) is 5.82 Å². The van der Waals surface area contributed by atoms with Crippen molar-refractivity contribution in [1.82, 2.24) is 15.0 Å². The van der Waals surface area contributed by atoms with Gasteiger partial charge in [0.05, 0.1) is 27.9 Å². The molecule has 42 heavy (non-hydrogen) atoms. The maximum absolute atomic E-state index is 12.7. The van der Waals surface area contributed by atoms with Crippen molar-refractivity contribution >= 4 is 5.82 Å². The molecule has 4 aromatic rings. The molecule has 0 radical (unpaired) electrons. The van der Waals surface area contributed by atoms with Crippen LogP contribution in [-0.4, -0.2) is 60.8 Å². The van der Waals surface area contributed by atoms with E-state index in [4.69, 9.17) is 29.5 Å². The van der Waals surface area contributed by atoms with Crippen LogP contribution in [0.3, 0.4) is 0 Å². The first-order valence-corrected chi connectivity index (χ1v) is 13.4. The molecule has 1 saturated heterocycles. The number of hydrogen-bond acceptors (Lipinski definition) is 10. The molecule has 220 valence electrons. The predicted molar refractivity (Wildman–Crippen MR) is 155 cm³/mol. The fraction of sp³-hybridized carbons (Fsp3) is 0.290. The Morgan fingerprint density at radius 1 is 0.905 bits per heavy atom. The summed E-state index contributed by atoms with van der Waals surface area (Å²) in [4.78, 5) is 21.6. The Labute approximate surface area is 243 Å². The van der Waals surface area contributed by atoms with Gasteiger partial charge in [-0.05, 0) is 47.0 Å². The average Bonchev–Trinajstić information content (AvgIpc) is 3.33. The monoisotopic (exact) mass is 574 g/mol. The van der Waals surface area contributed by atoms with Gasteiger partial charge in [-0.25, -0.2) is 4.79 Å². The largest absolute Gasteiger partial charge is 0.497 e. The van der Waals surface area contributed by atoms with E-state index in [9.17, 15) is 9.90 Å². The number of benzene rings is 3. The number of ether oxygens (including phenoxy) is 4. The second kappa shape index (κ2) is 12.7. The van der Waals surface area contributed by atoms with Gasteiger partial charge in [0, 0.05) is 6.20 Å². The number of aliphatic hydroxyl groups is 1. The van der Waals surface area contributed by atoms with Gasteiger partial charge in [-0.3, -0.25) is 4.57 Å². The van der Waals surface area contributed by atoms with Crippen molar-refractivity contribution in [3.05, 3.63) is 118 Å². The molecule has 1 aliphatic rings. The van der Waals surface area contributed by atoms with Crippen molar-refractivity contribution in [2.75, 3.05) is 33.7 Å². The van der Waals surface area contributed by atoms with Crippen LogP contribution in [0.25, 0.3) is 0 Å². The lowest BCUT2D eigenvalue weighted by molar-refractivity contribution is -0.0952. The molecule has 0 amide bonds. The highest BCUT2D eigenvalue weighted by Gasteiger charge is 2.47. The zero-order chi connectivity index (χ0) is 29.7. The first kappa shape index (κ1) is 29.2. The van der Waals surface area contributed by atoms with Crippen LogP contribution in [-0.2, 0) is 19.9 Å². The summed E-state index contributed by atoms with van der Waals surface area (Å²) < 4.78 is 25.2. The van der Waals surface area contributed by atoms with Gasteiger partial charge in [0.15, 0.2) is 6.23 Å². The van der Waals surface area contributed by atoms with Gasteiger partial charge < -0.3 is 34.6 Å². The van der Waals surface area contributed by atoms with Crippen molar-refractivity contribution in [1.29, 1.82) is 0 Å². The van der Waals surface area contributed by atoms with E-state index in [1.165, 1.54) is 23.9 Å². The second-order valence-corrected chi connectivity index (χ2v) is 9.76. The molecule has 11 heteroatoms. The third-order valence-electron chi connectivity index (χ3n) is 7.39. The number of aliphatic hydroxyl groups excluding tert-OH is 1. The standard InChI is InChI=1S/C31H34N4O7/c1-38-23-13-9-21(10-14-23)31(20-7-5-4-6-8-20,22-11-15-24(39-2)16-12-22)41-19-25-28(36)27(34-40-3)29(42-25)35-18-17-26(32)33-30(35)37/h4-18,25,27-29,34,36H,19H2,1-3H3,(H2,32,33,37)/t25-,27-,28-,29-/m1/s1. The Hall–Kier alpha value is -4.26. The highest BCUT2D eigenvalue weighted by Crippen LogP contribution is 2.42. The van der Waals surface area contributed by atoms with Crippen molar-refractivity contribution in [3.63, 3.8) is 0 Å². The highest BCUT2D eigenvalue weighted by molar-refractivity contribution is 5.49. The van der Waals surface area contributed by atoms with Gasteiger partial charge in [0.1, 0.15) is 41.2 Å². The Kier molecular flexibility index (Phi) is 8.86. The third kappa shape index (κ3) is 5.60. The second-order valence-electron chi connectivity index (χ2n) is 9.76. The number of aromatic nitrogens is 2. The van der Waals surface area contributed by atoms with Crippen molar-refractivity contribution in [2.24, 2.45) is 0 Å². The molecule has 0 unspecified atom stereocenters. The predicted octanol–water partition coefficient (Wildman–Crippen LogP) is 2.63. The van der Waals surface area contributed by atoms with Gasteiger partial charge in [-0.15, -0.1) is 0 Å². The van der Waals surface area contributed by atoms with Crippen LogP contribution in [0, 0.1) is 0 Å². The molecular formula is C31H34N4O7. The Morgan fingerprint density at radius 3 is 2.00 bits per heavy atom. The molecule has 1 aromatic heterocycles. The molecule has 1 aliphatic heterocycles. The van der Waals surface area contributed by atoms with E-state index in [1.807, 2.05) is 78.9 Å². The first-order chi connectivity index (χ1) is 20.4. The number of nitrogen functional groups attached to an aromatic ring is 1. The lowest BCUT2D eigenvalue weighted by atomic mass is 9.80. The number of nitrogens with two attached hydrogens (primary N) is 1. The lowest BCUT2D eigenvalue weighted by Crippen LogP contribution is -2.46. The molecule has 0 bridgehead atoms. The van der Waals surface area contributed by atoms with E-state index in [1.54, 1.807) is 14.2 Å². The number of methoxy groups -OCH3 is 2. The molecular weight excluding hydrogens is 540 g/mol. The van der Waals surface area contributed by atoms with Crippen LogP contribution in [0.2, 0.25) is 0 Å². The topological polar surface area (TPSA) is 139 Å². The fourth-order valence-electron chi connectivity index (χ4n) is 5.29. The van der Waals surface area contributed by atoms with Gasteiger partial charge in [-0.1, -0.05) is 54.6 Å². The zero-order valence-corrected chi connectivity index (χ0v) is 23.5. The molecule has 0 saturated carbocycles. The minimum absolute atomic E-state index is 0.0519. The van der Waals surface area contributed by atoms with Crippen LogP contribution in [0.5, 0.6) is 11.5 Å². The van der Waals surface area contributed by atoms with Crippen LogP contribution in [0.15, 0.2) is 95.9 Å². The molecule has 3 aromatic carbocycles. The lowest BCUT2D eigenvalue weighted by Gasteiger charge is -2.37. The fourth-order valence-corrected chi connectivity index (χ4v) is 5.29. The minimum atomic E-state index is -1.12. The maximum atomic E-state index is 12.7. The molecule has 11 nitrogen and oxygen atoms in total. The van der Waals surface area contributed by atoms with Crippen LogP contribution >= 0.6 is 0 Å². The number of anilines is 1. The number of nitrogens with one attached hydrogen (secondary N) is 1. The van der Waals surface area contributed by atoms with E-state index in [-0.39, 0.29) is 12.4 Å². The summed E-state index contributed by atoms with van der Waals surface area (Å²) in [6.07, 6.45) is -1.44. The molecule has 4 atom stereocenters. The van der Waals surface area contributed by atoms with E-state index in [0.29, 0.717) is 11.5 Å². The van der Waals surface area contributed by atoms with Crippen molar-refractivity contribution < 1.29 is 28.9 Å². The SMILES string of the molecule is CON[C@@H]1[C@H](O)[C@@H](COC(c2ccccc2)(c2ccc(OC)cc2)c2ccc(OC)cc2)O[C@H]1n1ccc(N)nc1=O. The number of hydroxylamine groups is 1. The summed E-state index contributed by atoms with van der Waals surface area (Å²) in [5.74, 6) is 1.48. The Bertz CT molecular complexity index is 1470. The Balaban J connectivity index is 1.57. The molecule has 1 fully saturated rings. The molecule has 5 rings (SSSR count). The molecule has 0 spiro atoms. The third-order valence-corrected chi connectivity index (χ3v) is 7.39. The summed E-state index contributed by atoms with van der Waals surface area (Å²) in [6, 6.07) is 25.7. The van der Waals surface area contributed by atoms with Crippen molar-refractivity contribution in [2.45, 2.75) is 30.1 Å². The number of nitrogens with zero attached hydrogens (tertiary/aromatic N) is 2. The molecule has 2 heterocycles. The maximum Gasteiger partial charge on any atom is 0.351 e. The first-order valence-electron chi connectivity index (χ1n) is 13.4. The smallest absolute Gasteiger partial charge is 0.351 e. The summed E-state index contributed by atoms with van der Waals surface area (Å²) in [7, 11) is 4.65. The summed E-state index contributed by atoms with van der Waals surface area (Å²) in [6.45, 7) is -0.0519.